The number of fused-ring (bicyclic) bond motifs is 2. The predicted octanol–water partition coefficient (Wildman–Crippen LogP) is 5.90. The molecule has 45 heteroatoms. The highest BCUT2D eigenvalue weighted by atomic mass is 35.5. The van der Waals surface area contributed by atoms with Crippen LogP contribution in [0.25, 0.3) is 17.1 Å². The van der Waals surface area contributed by atoms with Crippen molar-refractivity contribution in [3.05, 3.63) is 69.6 Å². The number of quaternary nitrogens is 1. The Morgan fingerprint density at radius 1 is 0.475 bits per heavy atom. The maximum Gasteiger partial charge on any atom is 0.333 e. The average molecular weight is 2070 g/mol. The topological polar surface area (TPSA) is 430 Å². The van der Waals surface area contributed by atoms with Crippen LogP contribution in [0.15, 0.2) is 53.1 Å². The van der Waals surface area contributed by atoms with Crippen molar-refractivity contribution < 1.29 is 175 Å². The van der Waals surface area contributed by atoms with Gasteiger partial charge in [0, 0.05) is 98.7 Å². The Morgan fingerprint density at radius 2 is 0.835 bits per heavy atom. The minimum absolute atomic E-state index is 0.00373. The van der Waals surface area contributed by atoms with Crippen molar-refractivity contribution in [2.24, 2.45) is 0 Å². The number of aromatic nitrogens is 2. The number of allylic oxidation sites excluding steroid dienone is 3. The zero-order chi connectivity index (χ0) is 100. The van der Waals surface area contributed by atoms with Gasteiger partial charge in [0.05, 0.1) is 358 Å². The number of unbranched alkanes of at least 4 members (excludes halogenated alkanes) is 4. The van der Waals surface area contributed by atoms with Crippen LogP contribution in [-0.4, -0.2) is 402 Å². The molecule has 0 bridgehead atoms. The van der Waals surface area contributed by atoms with Gasteiger partial charge in [0.2, 0.25) is 5.91 Å². The lowest BCUT2D eigenvalue weighted by molar-refractivity contribution is -0.894. The molecule has 0 saturated carbocycles. The highest BCUT2D eigenvalue weighted by Gasteiger charge is 2.40. The SMILES string of the molecule is CC[NH+](CC)CC.COCCOCCOCCOCCOCCOCCOCCOCCOCCOCCOCCOCCOCCOCCOCCOCCOCCOCCOCCOCCOCCOCCOCCOCCNC(=O)CCCCC[n+]1c(C=CC=C2N(CCCSOO[O-])c3ccc(S(=O)(=O)[O-])cc3C2(C)C)n(CCCCCC(=O)ON2C(=O)CCC2=O)c2cc(Cl)c(Cl)cc21. The van der Waals surface area contributed by atoms with Crippen LogP contribution in [0.1, 0.15) is 117 Å². The number of anilines is 1. The molecule has 2 aliphatic heterocycles. The summed E-state index contributed by atoms with van der Waals surface area (Å²) < 4.78 is 178. The second-order valence-electron chi connectivity index (χ2n) is 31.5. The summed E-state index contributed by atoms with van der Waals surface area (Å²) in [6.45, 7) is 37.9. The lowest BCUT2D eigenvalue weighted by atomic mass is 9.83. The number of imide groups is 1. The maximum atomic E-state index is 12.9. The minimum Gasteiger partial charge on any atom is -0.744 e. The number of benzene rings is 2. The van der Waals surface area contributed by atoms with Gasteiger partial charge >= 0.3 is 5.97 Å². The Morgan fingerprint density at radius 3 is 1.19 bits per heavy atom. The third-order valence-corrected chi connectivity index (χ3v) is 23.1. The van der Waals surface area contributed by atoms with Gasteiger partial charge in [0.25, 0.3) is 17.6 Å². The third kappa shape index (κ3) is 61.9. The summed E-state index contributed by atoms with van der Waals surface area (Å²) in [6.07, 6.45) is 10.3. The largest absolute Gasteiger partial charge is 0.744 e. The molecule has 41 nitrogen and oxygen atoms in total. The predicted molar refractivity (Wildman–Crippen MR) is 514 cm³/mol. The molecule has 0 atom stereocenters. The molecule has 0 unspecified atom stereocenters. The Kier molecular flexibility index (Phi) is 78.3. The van der Waals surface area contributed by atoms with Gasteiger partial charge in [-0.05, 0) is 95.6 Å². The molecule has 1 fully saturated rings. The Bertz CT molecular complexity index is 3730. The lowest BCUT2D eigenvalue weighted by Gasteiger charge is -2.27. The molecule has 802 valence electrons. The molecular formula is C94H160Cl2N6O35S2. The number of aryl methyl sites for hydroxylation is 2. The normalized spacial score (nSPS) is 13.6. The Labute approximate surface area is 836 Å². The molecule has 1 aromatic heterocycles. The molecule has 3 amide bonds. The number of hydrogen-bond donors (Lipinski definition) is 2. The number of methoxy groups -OCH3 is 1. The van der Waals surface area contributed by atoms with Gasteiger partial charge in [-0.3, -0.25) is 19.4 Å². The third-order valence-electron chi connectivity index (χ3n) is 20.9. The first-order valence-electron chi connectivity index (χ1n) is 48.6. The Hall–Kier alpha value is -5.01. The monoisotopic (exact) mass is 2070 g/mol. The summed E-state index contributed by atoms with van der Waals surface area (Å²) >= 11 is 14.3. The van der Waals surface area contributed by atoms with E-state index >= 15 is 0 Å². The molecule has 139 heavy (non-hydrogen) atoms. The van der Waals surface area contributed by atoms with Crippen molar-refractivity contribution in [2.45, 2.75) is 129 Å². The van der Waals surface area contributed by atoms with Crippen molar-refractivity contribution in [1.29, 1.82) is 0 Å². The van der Waals surface area contributed by atoms with Gasteiger partial charge in [0.15, 0.2) is 11.0 Å². The minimum atomic E-state index is -4.77. The highest BCUT2D eigenvalue weighted by molar-refractivity contribution is 7.94. The molecule has 3 heterocycles. The van der Waals surface area contributed by atoms with E-state index in [0.29, 0.717) is 414 Å². The molecule has 0 radical (unpaired) electrons. The van der Waals surface area contributed by atoms with Gasteiger partial charge in [-0.15, -0.1) is 5.06 Å². The molecule has 2 aliphatic rings. The van der Waals surface area contributed by atoms with Crippen LogP contribution in [0.3, 0.4) is 0 Å². The van der Waals surface area contributed by atoms with Crippen LogP contribution in [-0.2, 0) is 176 Å². The summed E-state index contributed by atoms with van der Waals surface area (Å²) in [5, 5.41) is 18.2. The van der Waals surface area contributed by atoms with E-state index in [4.69, 9.17) is 142 Å². The molecular weight excluding hydrogens is 1910 g/mol. The number of imidazole rings is 1. The maximum absolute atomic E-state index is 12.9. The van der Waals surface area contributed by atoms with E-state index in [0.717, 1.165) is 40.3 Å². The standard InChI is InChI=1S/C88H145Cl2N5O35S2.C6H15N/c1-88(2)76-72-75(132(101,102)103)16-17-79(76)92(23-11-71-131-130-129-100)82(88)12-10-14-84-93(80-73-77(89)78(90)74-81(80)94(84)22-9-5-7-15-87(99)128-95-85(97)18-19-86(95)98)21-8-4-6-13-83(96)91-20-24-105-27-28-107-31-32-109-35-36-111-39-40-113-43-44-115-47-48-117-51-52-119-55-56-121-59-60-123-63-64-125-67-68-127-70-69-126-66-65-124-62-61-122-58-57-120-54-53-118-50-49-116-46-45-114-42-41-112-38-37-110-34-33-108-30-29-106-26-25-104-3;1-4-7(5-2)6-3/h10,12,14,16-17,72-74H,4-9,11,13,15,18-71H2,1-3H3,(H2-,91,96,100,101,102,103);4-6H2,1-3H3. The van der Waals surface area contributed by atoms with Crippen LogP contribution in [0.4, 0.5) is 5.69 Å². The van der Waals surface area contributed by atoms with E-state index in [9.17, 15) is 37.4 Å². The highest BCUT2D eigenvalue weighted by Crippen LogP contribution is 2.49. The number of hydroxylamine groups is 2. The first-order chi connectivity index (χ1) is 67.9. The first-order valence-corrected chi connectivity index (χ1v) is 51.7. The van der Waals surface area contributed by atoms with Gasteiger partial charge in [-0.25, -0.2) is 22.3 Å². The van der Waals surface area contributed by atoms with Crippen molar-refractivity contribution in [3.63, 3.8) is 0 Å². The van der Waals surface area contributed by atoms with E-state index in [-0.39, 0.29) is 30.1 Å². The first kappa shape index (κ1) is 126. The number of rotatable bonds is 97. The van der Waals surface area contributed by atoms with Crippen LogP contribution < -0.4 is 24.9 Å². The summed E-state index contributed by atoms with van der Waals surface area (Å²) in [6, 6.07) is 7.97. The molecule has 0 aliphatic carbocycles. The van der Waals surface area contributed by atoms with Gasteiger partial charge in [0.1, 0.15) is 10.1 Å². The average Bonchev–Trinajstić information content (AvgIpc) is 1.59. The Balaban J connectivity index is 0.00000553. The van der Waals surface area contributed by atoms with E-state index in [1.54, 1.807) is 18.1 Å². The van der Waals surface area contributed by atoms with Gasteiger partial charge in [-0.1, -0.05) is 43.1 Å². The molecule has 5 rings (SSSR count). The number of hydrogen-bond acceptors (Lipinski definition) is 37. The van der Waals surface area contributed by atoms with Gasteiger partial charge < -0.3 is 143 Å². The molecule has 0 spiro atoms. The molecule has 2 aromatic carbocycles. The van der Waals surface area contributed by atoms with Crippen molar-refractivity contribution in [1.82, 2.24) is 14.9 Å². The number of carbonyl (C=O) groups excluding carboxylic acids is 4. The van der Waals surface area contributed by atoms with Crippen LogP contribution >= 0.6 is 35.2 Å². The quantitative estimate of drug-likeness (QED) is 0.0126. The van der Waals surface area contributed by atoms with Crippen molar-refractivity contribution >= 4 is 91.9 Å². The summed E-state index contributed by atoms with van der Waals surface area (Å²) in [7, 11) is -3.13. The van der Waals surface area contributed by atoms with Crippen LogP contribution in [0.5, 0.6) is 0 Å². The summed E-state index contributed by atoms with van der Waals surface area (Å²) in [4.78, 5) is 58.1. The van der Waals surface area contributed by atoms with Crippen LogP contribution in [0, 0.1) is 0 Å². The van der Waals surface area contributed by atoms with Crippen molar-refractivity contribution in [2.75, 3.05) is 361 Å². The van der Waals surface area contributed by atoms with Crippen LogP contribution in [0.2, 0.25) is 10.0 Å². The van der Waals surface area contributed by atoms with E-state index in [2.05, 4.69) is 44.6 Å². The lowest BCUT2D eigenvalue weighted by Crippen LogP contribution is -3.11. The number of ether oxygens (including phenoxy) is 24. The smallest absolute Gasteiger partial charge is 0.333 e. The number of carbonyl (C=O) groups is 4. The van der Waals surface area contributed by atoms with E-state index in [1.807, 2.05) is 49.1 Å². The van der Waals surface area contributed by atoms with E-state index < -0.39 is 33.3 Å². The number of nitrogens with one attached hydrogen (secondary N) is 2. The molecule has 1 saturated heterocycles. The zero-order valence-electron chi connectivity index (χ0n) is 82.9. The number of amides is 3. The number of halogens is 2. The second-order valence-corrected chi connectivity index (χ2v) is 34.4. The molecule has 3 aromatic rings. The summed E-state index contributed by atoms with van der Waals surface area (Å²) in [5.41, 5.74) is 3.00. The number of nitrogens with zero attached hydrogens (tertiary/aromatic N) is 4. The van der Waals surface area contributed by atoms with Gasteiger partial charge in [-0.2, -0.15) is 4.33 Å². The fraction of sp³-hybridized carbons (Fsp3) is 0.777. The van der Waals surface area contributed by atoms with E-state index in [1.165, 1.54) is 31.8 Å². The second kappa shape index (κ2) is 86.2. The van der Waals surface area contributed by atoms with Crippen molar-refractivity contribution in [3.8, 4) is 0 Å². The zero-order valence-corrected chi connectivity index (χ0v) is 86.1. The summed E-state index contributed by atoms with van der Waals surface area (Å²) in [5.74, 6) is -0.681. The fourth-order valence-corrected chi connectivity index (χ4v) is 14.7. The molecule has 2 N–H and O–H groups in total. The fourth-order valence-electron chi connectivity index (χ4n) is 13.5.